The largest absolute Gasteiger partial charge is 0.327 e. The van der Waals surface area contributed by atoms with Crippen molar-refractivity contribution in [3.05, 3.63) is 60.7 Å². The molecule has 0 amide bonds. The van der Waals surface area contributed by atoms with E-state index in [0.717, 1.165) is 6.67 Å². The van der Waals surface area contributed by atoms with E-state index >= 15 is 0 Å². The fraction of sp³-hybridized carbons (Fsp3) is 0.158. The van der Waals surface area contributed by atoms with Crippen LogP contribution in [0.1, 0.15) is 0 Å². The van der Waals surface area contributed by atoms with Crippen molar-refractivity contribution < 1.29 is 0 Å². The Hall–Kier alpha value is -2.32. The highest BCUT2D eigenvalue weighted by molar-refractivity contribution is 6.12. The van der Waals surface area contributed by atoms with E-state index in [2.05, 4.69) is 84.2 Å². The SMILES string of the molecule is CN(C)Cn1c2ccccc2c2cc3ccccc3cc21. The molecule has 0 spiro atoms. The van der Waals surface area contributed by atoms with Crippen LogP contribution in [0.15, 0.2) is 60.7 Å². The van der Waals surface area contributed by atoms with Crippen molar-refractivity contribution in [1.82, 2.24) is 9.47 Å². The molecule has 0 unspecified atom stereocenters. The molecule has 3 aromatic carbocycles. The van der Waals surface area contributed by atoms with Crippen molar-refractivity contribution in [3.8, 4) is 0 Å². The molecule has 1 heterocycles. The molecule has 1 aromatic heterocycles. The van der Waals surface area contributed by atoms with Crippen LogP contribution in [0.3, 0.4) is 0 Å². The summed E-state index contributed by atoms with van der Waals surface area (Å²) in [5, 5.41) is 5.27. The number of benzene rings is 3. The fourth-order valence-electron chi connectivity index (χ4n) is 3.17. The highest BCUT2D eigenvalue weighted by atomic mass is 15.2. The second-order valence-corrected chi connectivity index (χ2v) is 5.88. The summed E-state index contributed by atoms with van der Waals surface area (Å²) in [7, 11) is 4.23. The normalized spacial score (nSPS) is 12.0. The Bertz CT molecular complexity index is 948. The molecular formula is C19H18N2. The van der Waals surface area contributed by atoms with Crippen molar-refractivity contribution in [1.29, 1.82) is 0 Å². The van der Waals surface area contributed by atoms with Crippen molar-refractivity contribution in [2.45, 2.75) is 6.67 Å². The van der Waals surface area contributed by atoms with Gasteiger partial charge in [0.2, 0.25) is 0 Å². The maximum Gasteiger partial charge on any atom is 0.0752 e. The Labute approximate surface area is 124 Å². The summed E-state index contributed by atoms with van der Waals surface area (Å²) >= 11 is 0. The van der Waals surface area contributed by atoms with E-state index in [9.17, 15) is 0 Å². The molecular weight excluding hydrogens is 256 g/mol. The van der Waals surface area contributed by atoms with Gasteiger partial charge in [-0.2, -0.15) is 0 Å². The number of aromatic nitrogens is 1. The lowest BCUT2D eigenvalue weighted by Crippen LogP contribution is -2.16. The number of fused-ring (bicyclic) bond motifs is 4. The summed E-state index contributed by atoms with van der Waals surface area (Å²) in [5.41, 5.74) is 2.61. The minimum Gasteiger partial charge on any atom is -0.327 e. The molecule has 0 radical (unpaired) electrons. The molecule has 104 valence electrons. The van der Waals surface area contributed by atoms with Gasteiger partial charge in [-0.1, -0.05) is 42.5 Å². The molecule has 0 aliphatic carbocycles. The molecule has 0 N–H and O–H groups in total. The Morgan fingerprint density at radius 3 is 2.19 bits per heavy atom. The van der Waals surface area contributed by atoms with Crippen LogP contribution in [-0.4, -0.2) is 23.6 Å². The first kappa shape index (κ1) is 12.4. The van der Waals surface area contributed by atoms with Gasteiger partial charge < -0.3 is 4.57 Å². The van der Waals surface area contributed by atoms with E-state index in [0.29, 0.717) is 0 Å². The standard InChI is InChI=1S/C19H18N2/c1-20(2)13-21-18-10-6-5-9-16(18)17-11-14-7-3-4-8-15(14)12-19(17)21/h3-12H,13H2,1-2H3. The first-order chi connectivity index (χ1) is 10.2. The van der Waals surface area contributed by atoms with Crippen molar-refractivity contribution >= 4 is 32.6 Å². The first-order valence-electron chi connectivity index (χ1n) is 7.28. The van der Waals surface area contributed by atoms with Gasteiger partial charge in [0, 0.05) is 10.8 Å². The van der Waals surface area contributed by atoms with Crippen LogP contribution in [0.25, 0.3) is 32.6 Å². The molecule has 2 nitrogen and oxygen atoms in total. The predicted octanol–water partition coefficient (Wildman–Crippen LogP) is 4.47. The maximum absolute atomic E-state index is 2.40. The number of hydrogen-bond donors (Lipinski definition) is 0. The van der Waals surface area contributed by atoms with Gasteiger partial charge in [-0.3, -0.25) is 4.90 Å². The molecule has 0 bridgehead atoms. The minimum atomic E-state index is 0.891. The molecule has 0 fully saturated rings. The van der Waals surface area contributed by atoms with Gasteiger partial charge in [-0.25, -0.2) is 0 Å². The summed E-state index contributed by atoms with van der Waals surface area (Å²) in [6.45, 7) is 0.891. The molecule has 4 rings (SSSR count). The lowest BCUT2D eigenvalue weighted by molar-refractivity contribution is 0.338. The van der Waals surface area contributed by atoms with Crippen LogP contribution < -0.4 is 0 Å². The number of para-hydroxylation sites is 1. The molecule has 0 aliphatic heterocycles. The Morgan fingerprint density at radius 2 is 1.43 bits per heavy atom. The second kappa shape index (κ2) is 4.61. The second-order valence-electron chi connectivity index (χ2n) is 5.88. The van der Waals surface area contributed by atoms with Crippen LogP contribution in [0, 0.1) is 0 Å². The molecule has 2 heteroatoms. The molecule has 0 saturated carbocycles. The topological polar surface area (TPSA) is 8.17 Å². The van der Waals surface area contributed by atoms with Crippen molar-refractivity contribution in [2.75, 3.05) is 14.1 Å². The van der Waals surface area contributed by atoms with Gasteiger partial charge in [-0.15, -0.1) is 0 Å². The van der Waals surface area contributed by atoms with Gasteiger partial charge in [0.05, 0.1) is 17.7 Å². The van der Waals surface area contributed by atoms with Gasteiger partial charge in [0.1, 0.15) is 0 Å². The maximum atomic E-state index is 2.40. The molecule has 21 heavy (non-hydrogen) atoms. The number of hydrogen-bond acceptors (Lipinski definition) is 1. The van der Waals surface area contributed by atoms with Gasteiger partial charge in [-0.05, 0) is 43.1 Å². The Morgan fingerprint density at radius 1 is 0.762 bits per heavy atom. The fourth-order valence-corrected chi connectivity index (χ4v) is 3.17. The van der Waals surface area contributed by atoms with E-state index < -0.39 is 0 Å². The van der Waals surface area contributed by atoms with E-state index in [1.165, 1.54) is 32.6 Å². The summed E-state index contributed by atoms with van der Waals surface area (Å²) in [5.74, 6) is 0. The summed E-state index contributed by atoms with van der Waals surface area (Å²) in [4.78, 5) is 2.21. The average molecular weight is 274 g/mol. The highest BCUT2D eigenvalue weighted by Crippen LogP contribution is 2.32. The zero-order chi connectivity index (χ0) is 14.4. The first-order valence-corrected chi connectivity index (χ1v) is 7.28. The predicted molar refractivity (Wildman–Crippen MR) is 90.6 cm³/mol. The molecule has 0 aliphatic rings. The van der Waals surface area contributed by atoms with E-state index in [1.54, 1.807) is 0 Å². The van der Waals surface area contributed by atoms with Gasteiger partial charge >= 0.3 is 0 Å². The third kappa shape index (κ3) is 1.91. The van der Waals surface area contributed by atoms with E-state index in [4.69, 9.17) is 0 Å². The monoisotopic (exact) mass is 274 g/mol. The van der Waals surface area contributed by atoms with Crippen LogP contribution >= 0.6 is 0 Å². The van der Waals surface area contributed by atoms with Crippen LogP contribution in [0.4, 0.5) is 0 Å². The zero-order valence-electron chi connectivity index (χ0n) is 12.4. The molecule has 0 atom stereocenters. The smallest absolute Gasteiger partial charge is 0.0752 e. The molecule has 0 saturated heterocycles. The summed E-state index contributed by atoms with van der Waals surface area (Å²) < 4.78 is 2.40. The number of nitrogens with zero attached hydrogens (tertiary/aromatic N) is 2. The van der Waals surface area contributed by atoms with Crippen molar-refractivity contribution in [2.24, 2.45) is 0 Å². The molecule has 4 aromatic rings. The highest BCUT2D eigenvalue weighted by Gasteiger charge is 2.11. The third-order valence-electron chi connectivity index (χ3n) is 4.06. The van der Waals surface area contributed by atoms with Gasteiger partial charge in [0.25, 0.3) is 0 Å². The lowest BCUT2D eigenvalue weighted by atomic mass is 10.1. The Balaban J connectivity index is 2.18. The van der Waals surface area contributed by atoms with Crippen molar-refractivity contribution in [3.63, 3.8) is 0 Å². The van der Waals surface area contributed by atoms with Crippen LogP contribution in [-0.2, 0) is 6.67 Å². The van der Waals surface area contributed by atoms with E-state index in [1.807, 2.05) is 0 Å². The van der Waals surface area contributed by atoms with Crippen LogP contribution in [0.2, 0.25) is 0 Å². The zero-order valence-corrected chi connectivity index (χ0v) is 12.4. The minimum absolute atomic E-state index is 0.891. The van der Waals surface area contributed by atoms with Crippen LogP contribution in [0.5, 0.6) is 0 Å². The van der Waals surface area contributed by atoms with Gasteiger partial charge in [0.15, 0.2) is 0 Å². The number of rotatable bonds is 2. The summed E-state index contributed by atoms with van der Waals surface area (Å²) in [6.07, 6.45) is 0. The summed E-state index contributed by atoms with van der Waals surface area (Å²) in [6, 6.07) is 21.9. The van der Waals surface area contributed by atoms with E-state index in [-0.39, 0.29) is 0 Å². The average Bonchev–Trinajstić information content (AvgIpc) is 2.79. The Kier molecular flexibility index (Phi) is 2.72. The lowest BCUT2D eigenvalue weighted by Gasteiger charge is -2.13. The third-order valence-corrected chi connectivity index (χ3v) is 4.06. The quantitative estimate of drug-likeness (QED) is 0.523.